The van der Waals surface area contributed by atoms with Gasteiger partial charge in [0, 0.05) is 32.3 Å². The first-order valence-corrected chi connectivity index (χ1v) is 6.33. The summed E-state index contributed by atoms with van der Waals surface area (Å²) in [6.07, 6.45) is 0. The van der Waals surface area contributed by atoms with Crippen molar-refractivity contribution in [2.24, 2.45) is 0 Å². The standard InChI is InChI=1S/C12H16Cl2N2O2.ClH/c1-18-7-6-15-4-5-16-12(17)9-2-3-10(13)11(14)8-9;/h2-3,8,15H,4-7H2,1H3,(H,16,17);1H. The first-order chi connectivity index (χ1) is 8.65. The molecule has 0 saturated carbocycles. The van der Waals surface area contributed by atoms with Gasteiger partial charge in [-0.25, -0.2) is 0 Å². The number of methoxy groups -OCH3 is 1. The first-order valence-electron chi connectivity index (χ1n) is 5.58. The van der Waals surface area contributed by atoms with Crippen LogP contribution in [0, 0.1) is 0 Å². The summed E-state index contributed by atoms with van der Waals surface area (Å²) >= 11 is 11.6. The van der Waals surface area contributed by atoms with Crippen molar-refractivity contribution in [3.63, 3.8) is 0 Å². The predicted octanol–water partition coefficient (Wildman–Crippen LogP) is 2.38. The Balaban J connectivity index is 0.00000324. The highest BCUT2D eigenvalue weighted by molar-refractivity contribution is 6.42. The lowest BCUT2D eigenvalue weighted by molar-refractivity contribution is 0.0953. The van der Waals surface area contributed by atoms with Crippen LogP contribution in [0.4, 0.5) is 0 Å². The molecular formula is C12H17Cl3N2O2. The summed E-state index contributed by atoms with van der Waals surface area (Å²) in [6, 6.07) is 4.80. The Bertz CT molecular complexity index is 403. The zero-order valence-corrected chi connectivity index (χ0v) is 12.9. The first kappa shape index (κ1) is 18.5. The lowest BCUT2D eigenvalue weighted by Gasteiger charge is -2.07. The van der Waals surface area contributed by atoms with Crippen molar-refractivity contribution in [2.75, 3.05) is 33.4 Å². The highest BCUT2D eigenvalue weighted by atomic mass is 35.5. The number of carbonyl (C=O) groups is 1. The number of hydrogen-bond acceptors (Lipinski definition) is 3. The van der Waals surface area contributed by atoms with E-state index in [1.54, 1.807) is 25.3 Å². The molecule has 7 heteroatoms. The molecule has 4 nitrogen and oxygen atoms in total. The van der Waals surface area contributed by atoms with Crippen LogP contribution in [-0.4, -0.2) is 39.3 Å². The molecule has 0 aliphatic heterocycles. The molecule has 0 unspecified atom stereocenters. The van der Waals surface area contributed by atoms with E-state index in [1.165, 1.54) is 0 Å². The van der Waals surface area contributed by atoms with Gasteiger partial charge in [-0.2, -0.15) is 0 Å². The van der Waals surface area contributed by atoms with E-state index in [4.69, 9.17) is 27.9 Å². The average Bonchev–Trinajstić information content (AvgIpc) is 2.36. The Morgan fingerprint density at radius 1 is 1.21 bits per heavy atom. The fourth-order valence-electron chi connectivity index (χ4n) is 1.30. The number of ether oxygens (including phenoxy) is 1. The number of amides is 1. The average molecular weight is 328 g/mol. The summed E-state index contributed by atoms with van der Waals surface area (Å²) in [5, 5.41) is 6.72. The summed E-state index contributed by atoms with van der Waals surface area (Å²) in [7, 11) is 1.65. The fraction of sp³-hybridized carbons (Fsp3) is 0.417. The van der Waals surface area contributed by atoms with Gasteiger partial charge in [-0.3, -0.25) is 4.79 Å². The van der Waals surface area contributed by atoms with Gasteiger partial charge >= 0.3 is 0 Å². The van der Waals surface area contributed by atoms with Gasteiger partial charge in [-0.15, -0.1) is 12.4 Å². The second-order valence-electron chi connectivity index (χ2n) is 3.63. The van der Waals surface area contributed by atoms with Gasteiger partial charge in [-0.1, -0.05) is 23.2 Å². The van der Waals surface area contributed by atoms with Gasteiger partial charge in [-0.05, 0) is 18.2 Å². The Hall–Kier alpha value is -0.520. The zero-order chi connectivity index (χ0) is 13.4. The summed E-state index contributed by atoms with van der Waals surface area (Å²) in [5.74, 6) is -0.165. The SMILES string of the molecule is COCCNCCNC(=O)c1ccc(Cl)c(Cl)c1.Cl. The minimum atomic E-state index is -0.165. The van der Waals surface area contributed by atoms with Crippen LogP contribution in [0.1, 0.15) is 10.4 Å². The molecule has 1 aromatic rings. The summed E-state index contributed by atoms with van der Waals surface area (Å²) in [4.78, 5) is 11.7. The third kappa shape index (κ3) is 6.99. The second kappa shape index (κ2) is 10.3. The molecule has 0 radical (unpaired) electrons. The van der Waals surface area contributed by atoms with Crippen molar-refractivity contribution in [1.29, 1.82) is 0 Å². The molecule has 1 rings (SSSR count). The smallest absolute Gasteiger partial charge is 0.251 e. The van der Waals surface area contributed by atoms with Crippen molar-refractivity contribution in [2.45, 2.75) is 0 Å². The molecule has 0 fully saturated rings. The monoisotopic (exact) mass is 326 g/mol. The van der Waals surface area contributed by atoms with Crippen molar-refractivity contribution >= 4 is 41.5 Å². The lowest BCUT2D eigenvalue weighted by atomic mass is 10.2. The molecule has 0 aromatic heterocycles. The quantitative estimate of drug-likeness (QED) is 0.756. The van der Waals surface area contributed by atoms with E-state index >= 15 is 0 Å². The van der Waals surface area contributed by atoms with E-state index in [0.29, 0.717) is 35.3 Å². The molecule has 0 bridgehead atoms. The Morgan fingerprint density at radius 2 is 1.95 bits per heavy atom. The van der Waals surface area contributed by atoms with E-state index in [-0.39, 0.29) is 18.3 Å². The van der Waals surface area contributed by atoms with Crippen LogP contribution in [0.5, 0.6) is 0 Å². The summed E-state index contributed by atoms with van der Waals surface area (Å²) in [6.45, 7) is 2.65. The summed E-state index contributed by atoms with van der Waals surface area (Å²) in [5.41, 5.74) is 0.501. The largest absolute Gasteiger partial charge is 0.383 e. The Morgan fingerprint density at radius 3 is 2.58 bits per heavy atom. The van der Waals surface area contributed by atoms with Crippen molar-refractivity contribution < 1.29 is 9.53 Å². The third-order valence-electron chi connectivity index (χ3n) is 2.25. The van der Waals surface area contributed by atoms with E-state index in [0.717, 1.165) is 6.54 Å². The van der Waals surface area contributed by atoms with Crippen molar-refractivity contribution in [1.82, 2.24) is 10.6 Å². The Labute approximate surface area is 129 Å². The molecule has 19 heavy (non-hydrogen) atoms. The van der Waals surface area contributed by atoms with Crippen LogP contribution in [0.25, 0.3) is 0 Å². The maximum absolute atomic E-state index is 11.7. The van der Waals surface area contributed by atoms with Gasteiger partial charge in [0.2, 0.25) is 0 Å². The van der Waals surface area contributed by atoms with Crippen LogP contribution in [0.15, 0.2) is 18.2 Å². The minimum Gasteiger partial charge on any atom is -0.383 e. The maximum Gasteiger partial charge on any atom is 0.251 e. The topological polar surface area (TPSA) is 50.4 Å². The van der Waals surface area contributed by atoms with Crippen molar-refractivity contribution in [3.8, 4) is 0 Å². The van der Waals surface area contributed by atoms with Gasteiger partial charge in [0.1, 0.15) is 0 Å². The molecule has 0 aliphatic rings. The fourth-order valence-corrected chi connectivity index (χ4v) is 1.60. The molecular weight excluding hydrogens is 311 g/mol. The number of benzene rings is 1. The number of hydrogen-bond donors (Lipinski definition) is 2. The van der Waals surface area contributed by atoms with E-state index < -0.39 is 0 Å². The molecule has 1 aromatic carbocycles. The normalized spacial score (nSPS) is 9.84. The molecule has 0 heterocycles. The molecule has 0 saturated heterocycles. The van der Waals surface area contributed by atoms with Gasteiger partial charge < -0.3 is 15.4 Å². The molecule has 0 aliphatic carbocycles. The van der Waals surface area contributed by atoms with Crippen LogP contribution >= 0.6 is 35.6 Å². The summed E-state index contributed by atoms with van der Waals surface area (Å²) < 4.78 is 4.89. The molecule has 2 N–H and O–H groups in total. The Kier molecular flexibility index (Phi) is 10.0. The van der Waals surface area contributed by atoms with Crippen LogP contribution < -0.4 is 10.6 Å². The van der Waals surface area contributed by atoms with Crippen LogP contribution in [0.3, 0.4) is 0 Å². The number of halogens is 3. The van der Waals surface area contributed by atoms with Gasteiger partial charge in [0.05, 0.1) is 16.7 Å². The van der Waals surface area contributed by atoms with E-state index in [1.807, 2.05) is 0 Å². The van der Waals surface area contributed by atoms with Crippen molar-refractivity contribution in [3.05, 3.63) is 33.8 Å². The molecule has 0 atom stereocenters. The highest BCUT2D eigenvalue weighted by Crippen LogP contribution is 2.22. The minimum absolute atomic E-state index is 0. The predicted molar refractivity (Wildman–Crippen MR) is 80.8 cm³/mol. The van der Waals surface area contributed by atoms with Gasteiger partial charge in [0.25, 0.3) is 5.91 Å². The zero-order valence-electron chi connectivity index (χ0n) is 10.5. The highest BCUT2D eigenvalue weighted by Gasteiger charge is 2.06. The third-order valence-corrected chi connectivity index (χ3v) is 2.99. The van der Waals surface area contributed by atoms with Crippen LogP contribution in [-0.2, 0) is 4.74 Å². The van der Waals surface area contributed by atoms with E-state index in [9.17, 15) is 4.79 Å². The maximum atomic E-state index is 11.7. The lowest BCUT2D eigenvalue weighted by Crippen LogP contribution is -2.33. The van der Waals surface area contributed by atoms with E-state index in [2.05, 4.69) is 10.6 Å². The van der Waals surface area contributed by atoms with Gasteiger partial charge in [0.15, 0.2) is 0 Å². The number of rotatable bonds is 7. The molecule has 1 amide bonds. The number of nitrogens with one attached hydrogen (secondary N) is 2. The van der Waals surface area contributed by atoms with Crippen LogP contribution in [0.2, 0.25) is 10.0 Å². The molecule has 108 valence electrons. The molecule has 0 spiro atoms. The number of carbonyl (C=O) groups excluding carboxylic acids is 1. The second-order valence-corrected chi connectivity index (χ2v) is 4.44.